The van der Waals surface area contributed by atoms with Crippen molar-refractivity contribution in [1.29, 1.82) is 0 Å². The average Bonchev–Trinajstić information content (AvgIpc) is 2.76. The lowest BCUT2D eigenvalue weighted by atomic mass is 10.0. The van der Waals surface area contributed by atoms with Crippen molar-refractivity contribution in [3.63, 3.8) is 0 Å². The first-order valence-electron chi connectivity index (χ1n) is 6.73. The van der Waals surface area contributed by atoms with E-state index in [1.54, 1.807) is 19.2 Å². The summed E-state index contributed by atoms with van der Waals surface area (Å²) >= 11 is 0. The van der Waals surface area contributed by atoms with Gasteiger partial charge in [0.2, 0.25) is 17.7 Å². The fourth-order valence-electron chi connectivity index (χ4n) is 2.31. The van der Waals surface area contributed by atoms with Crippen molar-refractivity contribution in [3.8, 4) is 0 Å². The summed E-state index contributed by atoms with van der Waals surface area (Å²) in [5, 5.41) is 2.19. The van der Waals surface area contributed by atoms with Crippen LogP contribution in [0.15, 0.2) is 24.3 Å². The summed E-state index contributed by atoms with van der Waals surface area (Å²) in [6.07, 6.45) is 0.0585. The van der Waals surface area contributed by atoms with Crippen molar-refractivity contribution in [2.75, 3.05) is 7.05 Å². The van der Waals surface area contributed by atoms with Gasteiger partial charge < -0.3 is 4.90 Å². The summed E-state index contributed by atoms with van der Waals surface area (Å²) in [4.78, 5) is 36.3. The molecule has 1 aliphatic heterocycles. The summed E-state index contributed by atoms with van der Waals surface area (Å²) < 4.78 is 12.9. The Balaban J connectivity index is 2.00. The first-order valence-corrected chi connectivity index (χ1v) is 6.73. The monoisotopic (exact) mass is 292 g/mol. The lowest BCUT2D eigenvalue weighted by Gasteiger charge is -2.26. The topological polar surface area (TPSA) is 66.5 Å². The van der Waals surface area contributed by atoms with E-state index in [1.165, 1.54) is 17.0 Å². The maximum absolute atomic E-state index is 12.9. The van der Waals surface area contributed by atoms with Crippen LogP contribution in [0.4, 0.5) is 4.39 Å². The Labute approximate surface area is 122 Å². The Morgan fingerprint density at radius 2 is 2.00 bits per heavy atom. The number of imide groups is 1. The largest absolute Gasteiger partial charge is 0.339 e. The molecule has 3 amide bonds. The quantitative estimate of drug-likeness (QED) is 0.853. The molecule has 1 fully saturated rings. The number of carbonyl (C=O) groups is 3. The van der Waals surface area contributed by atoms with Crippen LogP contribution >= 0.6 is 0 Å². The number of hydrogen-bond acceptors (Lipinski definition) is 3. The summed E-state index contributed by atoms with van der Waals surface area (Å²) in [7, 11) is 1.63. The number of benzene rings is 1. The van der Waals surface area contributed by atoms with Crippen LogP contribution in [0.2, 0.25) is 0 Å². The molecule has 5 nitrogen and oxygen atoms in total. The van der Waals surface area contributed by atoms with Gasteiger partial charge in [0.15, 0.2) is 0 Å². The number of halogens is 1. The van der Waals surface area contributed by atoms with Gasteiger partial charge in [-0.3, -0.25) is 19.7 Å². The van der Waals surface area contributed by atoms with Crippen molar-refractivity contribution >= 4 is 17.7 Å². The Bertz CT molecular complexity index is 571. The van der Waals surface area contributed by atoms with E-state index >= 15 is 0 Å². The van der Waals surface area contributed by atoms with Gasteiger partial charge in [-0.1, -0.05) is 12.1 Å². The fourth-order valence-corrected chi connectivity index (χ4v) is 2.31. The molecule has 112 valence electrons. The van der Waals surface area contributed by atoms with Crippen LogP contribution in [0.3, 0.4) is 0 Å². The van der Waals surface area contributed by atoms with Gasteiger partial charge in [0.05, 0.1) is 12.0 Å². The lowest BCUT2D eigenvalue weighted by molar-refractivity contribution is -0.135. The van der Waals surface area contributed by atoms with E-state index in [-0.39, 0.29) is 36.5 Å². The molecule has 2 rings (SSSR count). The standard InChI is InChI=1S/C15H17FN2O3/c1-9(10-3-5-12(16)6-4-10)18(2)14(20)8-11-7-13(19)17-15(11)21/h3-6,9,11H,7-8H2,1-2H3,(H,17,19,21). The first-order chi connectivity index (χ1) is 9.88. The SMILES string of the molecule is CC(c1ccc(F)cc1)N(C)C(=O)CC1CC(=O)NC1=O. The zero-order chi connectivity index (χ0) is 15.6. The maximum Gasteiger partial charge on any atom is 0.230 e. The molecule has 1 saturated heterocycles. The van der Waals surface area contributed by atoms with Crippen molar-refractivity contribution in [3.05, 3.63) is 35.6 Å². The number of hydrogen-bond donors (Lipinski definition) is 1. The van der Waals surface area contributed by atoms with Gasteiger partial charge in [0.1, 0.15) is 5.82 Å². The second-order valence-corrected chi connectivity index (χ2v) is 5.25. The van der Waals surface area contributed by atoms with Crippen LogP contribution < -0.4 is 5.32 Å². The molecule has 2 atom stereocenters. The molecule has 6 heteroatoms. The molecule has 1 heterocycles. The van der Waals surface area contributed by atoms with E-state index < -0.39 is 11.8 Å². The highest BCUT2D eigenvalue weighted by atomic mass is 19.1. The summed E-state index contributed by atoms with van der Waals surface area (Å²) in [6.45, 7) is 1.82. The van der Waals surface area contributed by atoms with Crippen molar-refractivity contribution in [2.24, 2.45) is 5.92 Å². The van der Waals surface area contributed by atoms with Gasteiger partial charge in [0.25, 0.3) is 0 Å². The third-order valence-electron chi connectivity index (χ3n) is 3.81. The average molecular weight is 292 g/mol. The van der Waals surface area contributed by atoms with E-state index in [9.17, 15) is 18.8 Å². The third kappa shape index (κ3) is 3.45. The maximum atomic E-state index is 12.9. The smallest absolute Gasteiger partial charge is 0.230 e. The van der Waals surface area contributed by atoms with Crippen LogP contribution in [0.25, 0.3) is 0 Å². The van der Waals surface area contributed by atoms with Gasteiger partial charge in [-0.15, -0.1) is 0 Å². The minimum atomic E-state index is -0.590. The lowest BCUT2D eigenvalue weighted by Crippen LogP contribution is -2.32. The molecule has 2 unspecified atom stereocenters. The van der Waals surface area contributed by atoms with E-state index in [0.717, 1.165) is 5.56 Å². The highest BCUT2D eigenvalue weighted by Crippen LogP contribution is 2.22. The van der Waals surface area contributed by atoms with Gasteiger partial charge in [-0.25, -0.2) is 4.39 Å². The Morgan fingerprint density at radius 3 is 2.52 bits per heavy atom. The van der Waals surface area contributed by atoms with Gasteiger partial charge in [-0.2, -0.15) is 0 Å². The molecule has 0 aromatic heterocycles. The molecule has 1 aromatic rings. The Hall–Kier alpha value is -2.24. The van der Waals surface area contributed by atoms with E-state index in [0.29, 0.717) is 0 Å². The normalized spacial score (nSPS) is 19.3. The minimum Gasteiger partial charge on any atom is -0.339 e. The van der Waals surface area contributed by atoms with Crippen LogP contribution in [0.1, 0.15) is 31.4 Å². The molecule has 21 heavy (non-hydrogen) atoms. The Morgan fingerprint density at radius 1 is 1.38 bits per heavy atom. The number of amides is 3. The third-order valence-corrected chi connectivity index (χ3v) is 3.81. The molecule has 0 spiro atoms. The summed E-state index contributed by atoms with van der Waals surface area (Å²) in [5.74, 6) is -1.88. The predicted octanol–water partition coefficient (Wildman–Crippen LogP) is 1.40. The summed E-state index contributed by atoms with van der Waals surface area (Å²) in [5.41, 5.74) is 0.805. The molecule has 0 aliphatic carbocycles. The molecule has 1 N–H and O–H groups in total. The van der Waals surface area contributed by atoms with Crippen molar-refractivity contribution < 1.29 is 18.8 Å². The van der Waals surface area contributed by atoms with Gasteiger partial charge >= 0.3 is 0 Å². The van der Waals surface area contributed by atoms with Crippen LogP contribution in [-0.4, -0.2) is 29.7 Å². The van der Waals surface area contributed by atoms with Crippen LogP contribution in [0, 0.1) is 11.7 Å². The van der Waals surface area contributed by atoms with E-state index in [4.69, 9.17) is 0 Å². The number of nitrogens with one attached hydrogen (secondary N) is 1. The highest BCUT2D eigenvalue weighted by molar-refractivity contribution is 6.04. The molecular weight excluding hydrogens is 275 g/mol. The van der Waals surface area contributed by atoms with Crippen LogP contribution in [0.5, 0.6) is 0 Å². The highest BCUT2D eigenvalue weighted by Gasteiger charge is 2.33. The molecule has 0 bridgehead atoms. The minimum absolute atomic E-state index is 0.000389. The van der Waals surface area contributed by atoms with Crippen molar-refractivity contribution in [1.82, 2.24) is 10.2 Å². The van der Waals surface area contributed by atoms with Gasteiger partial charge in [0, 0.05) is 19.9 Å². The van der Waals surface area contributed by atoms with Crippen molar-refractivity contribution in [2.45, 2.75) is 25.8 Å². The second-order valence-electron chi connectivity index (χ2n) is 5.25. The number of rotatable bonds is 4. The predicted molar refractivity (Wildman–Crippen MR) is 73.5 cm³/mol. The van der Waals surface area contributed by atoms with Crippen LogP contribution in [-0.2, 0) is 14.4 Å². The molecular formula is C15H17FN2O3. The number of nitrogens with zero attached hydrogens (tertiary/aromatic N) is 1. The Kier molecular flexibility index (Phi) is 4.35. The zero-order valence-corrected chi connectivity index (χ0v) is 11.9. The van der Waals surface area contributed by atoms with E-state index in [2.05, 4.69) is 5.32 Å². The van der Waals surface area contributed by atoms with Gasteiger partial charge in [-0.05, 0) is 24.6 Å². The zero-order valence-electron chi connectivity index (χ0n) is 11.9. The fraction of sp³-hybridized carbons (Fsp3) is 0.400. The molecule has 1 aromatic carbocycles. The molecule has 0 saturated carbocycles. The van der Waals surface area contributed by atoms with E-state index in [1.807, 2.05) is 6.92 Å². The summed E-state index contributed by atoms with van der Waals surface area (Å²) in [6, 6.07) is 5.68. The number of carbonyl (C=O) groups excluding carboxylic acids is 3. The molecule has 0 radical (unpaired) electrons. The second kappa shape index (κ2) is 6.03. The molecule has 1 aliphatic rings. The first kappa shape index (κ1) is 15.2.